The van der Waals surface area contributed by atoms with Crippen LogP contribution in [0.1, 0.15) is 24.5 Å². The van der Waals surface area contributed by atoms with Crippen LogP contribution in [0.4, 0.5) is 16.2 Å². The number of barbiturate groups is 1. The Labute approximate surface area is 226 Å². The average molecular weight is 580 g/mol. The van der Waals surface area contributed by atoms with E-state index < -0.39 is 22.8 Å². The second-order valence-corrected chi connectivity index (χ2v) is 9.06. The highest BCUT2D eigenvalue weighted by atomic mass is 79.9. The number of anilines is 1. The van der Waals surface area contributed by atoms with E-state index in [1.54, 1.807) is 54.6 Å². The fourth-order valence-corrected chi connectivity index (χ4v) is 4.08. The number of nitro groups is 1. The molecule has 1 saturated heterocycles. The van der Waals surface area contributed by atoms with Crippen molar-refractivity contribution in [3.63, 3.8) is 0 Å². The number of non-ortho nitro benzene ring substituents is 1. The van der Waals surface area contributed by atoms with Crippen molar-refractivity contribution in [3.8, 4) is 11.5 Å². The van der Waals surface area contributed by atoms with E-state index in [1.165, 1.54) is 18.2 Å². The Hall–Kier alpha value is -4.51. The van der Waals surface area contributed by atoms with Crippen LogP contribution in [-0.2, 0) is 16.2 Å². The van der Waals surface area contributed by atoms with E-state index in [-0.39, 0.29) is 17.9 Å². The predicted molar refractivity (Wildman–Crippen MR) is 143 cm³/mol. The van der Waals surface area contributed by atoms with Gasteiger partial charge < -0.3 is 9.47 Å². The van der Waals surface area contributed by atoms with Gasteiger partial charge in [0.05, 0.1) is 21.7 Å². The maximum absolute atomic E-state index is 13.2. The molecule has 11 heteroatoms. The van der Waals surface area contributed by atoms with Crippen LogP contribution in [0.5, 0.6) is 11.5 Å². The zero-order valence-electron chi connectivity index (χ0n) is 20.2. The van der Waals surface area contributed by atoms with Gasteiger partial charge in [-0.05, 0) is 88.1 Å². The molecular formula is C27H22BrN3O7. The minimum absolute atomic E-state index is 0.00751. The maximum atomic E-state index is 13.2. The zero-order chi connectivity index (χ0) is 27.2. The molecule has 1 aliphatic rings. The number of carbonyl (C=O) groups is 3. The molecule has 0 unspecified atom stereocenters. The molecule has 1 N–H and O–H groups in total. The highest BCUT2D eigenvalue weighted by Gasteiger charge is 2.36. The van der Waals surface area contributed by atoms with E-state index >= 15 is 0 Å². The first kappa shape index (κ1) is 26.6. The Kier molecular flexibility index (Phi) is 8.17. The number of carbonyl (C=O) groups excluding carboxylic acids is 3. The first-order valence-electron chi connectivity index (χ1n) is 11.6. The van der Waals surface area contributed by atoms with Crippen LogP contribution in [0.25, 0.3) is 6.08 Å². The van der Waals surface area contributed by atoms with Crippen molar-refractivity contribution in [2.45, 2.75) is 20.0 Å². The van der Waals surface area contributed by atoms with Crippen molar-refractivity contribution in [1.29, 1.82) is 0 Å². The van der Waals surface area contributed by atoms with Crippen LogP contribution in [0.3, 0.4) is 0 Å². The SMILES string of the molecule is CCCOc1ccc(N2C(=O)NC(=O)/C(=C/c3ccc(OCc4ccc([N+](=O)[O-])cc4)c(Br)c3)C2=O)cc1. The number of hydrogen-bond acceptors (Lipinski definition) is 7. The van der Waals surface area contributed by atoms with Gasteiger partial charge in [0, 0.05) is 12.1 Å². The number of amides is 4. The number of nitrogens with one attached hydrogen (secondary N) is 1. The lowest BCUT2D eigenvalue weighted by atomic mass is 10.1. The fraction of sp³-hybridized carbons (Fsp3) is 0.148. The van der Waals surface area contributed by atoms with E-state index in [0.29, 0.717) is 33.8 Å². The Bertz CT molecular complexity index is 1420. The number of benzene rings is 3. The van der Waals surface area contributed by atoms with Crippen molar-refractivity contribution in [2.75, 3.05) is 11.5 Å². The highest BCUT2D eigenvalue weighted by Crippen LogP contribution is 2.29. The molecule has 1 aliphatic heterocycles. The molecule has 0 aromatic heterocycles. The third-order valence-corrected chi connectivity index (χ3v) is 6.10. The molecule has 3 aromatic rings. The minimum atomic E-state index is -0.837. The van der Waals surface area contributed by atoms with Crippen molar-refractivity contribution >= 4 is 51.2 Å². The van der Waals surface area contributed by atoms with Gasteiger partial charge in [0.1, 0.15) is 23.7 Å². The van der Waals surface area contributed by atoms with E-state index in [1.807, 2.05) is 6.92 Å². The molecular weight excluding hydrogens is 558 g/mol. The average Bonchev–Trinajstić information content (AvgIpc) is 2.90. The molecule has 0 saturated carbocycles. The zero-order valence-corrected chi connectivity index (χ0v) is 21.8. The van der Waals surface area contributed by atoms with Crippen LogP contribution in [0.2, 0.25) is 0 Å². The summed E-state index contributed by atoms with van der Waals surface area (Å²) >= 11 is 3.42. The Morgan fingerprint density at radius 1 is 1.00 bits per heavy atom. The number of urea groups is 1. The number of ether oxygens (including phenoxy) is 2. The third kappa shape index (κ3) is 6.06. The maximum Gasteiger partial charge on any atom is 0.335 e. The second kappa shape index (κ2) is 11.7. The molecule has 10 nitrogen and oxygen atoms in total. The monoisotopic (exact) mass is 579 g/mol. The quantitative estimate of drug-likeness (QED) is 0.156. The Balaban J connectivity index is 1.49. The van der Waals surface area contributed by atoms with E-state index in [4.69, 9.17) is 9.47 Å². The summed E-state index contributed by atoms with van der Waals surface area (Å²) in [5, 5.41) is 13.0. The fourth-order valence-electron chi connectivity index (χ4n) is 3.57. The number of hydrogen-bond donors (Lipinski definition) is 1. The van der Waals surface area contributed by atoms with E-state index in [2.05, 4.69) is 21.2 Å². The molecule has 1 fully saturated rings. The smallest absolute Gasteiger partial charge is 0.335 e. The Morgan fingerprint density at radius 3 is 2.34 bits per heavy atom. The predicted octanol–water partition coefficient (Wildman–Crippen LogP) is 5.39. The standard InChI is InChI=1S/C27H22BrN3O7/c1-2-13-37-21-10-8-19(9-11-21)30-26(33)22(25(32)29-27(30)34)14-18-5-12-24(23(28)15-18)38-16-17-3-6-20(7-4-17)31(35)36/h3-12,14-15H,2,13,16H2,1H3,(H,29,32,34)/b22-14-. The lowest BCUT2D eigenvalue weighted by Gasteiger charge is -2.26. The third-order valence-electron chi connectivity index (χ3n) is 5.48. The van der Waals surface area contributed by atoms with Crippen LogP contribution in [0.15, 0.2) is 76.8 Å². The van der Waals surface area contributed by atoms with Crippen molar-refractivity contribution < 1.29 is 28.8 Å². The van der Waals surface area contributed by atoms with Gasteiger partial charge in [-0.25, -0.2) is 9.69 Å². The lowest BCUT2D eigenvalue weighted by molar-refractivity contribution is -0.384. The number of rotatable bonds is 9. The molecule has 3 aromatic carbocycles. The molecule has 1 heterocycles. The van der Waals surface area contributed by atoms with Gasteiger partial charge in [-0.2, -0.15) is 0 Å². The second-order valence-electron chi connectivity index (χ2n) is 8.20. The van der Waals surface area contributed by atoms with Gasteiger partial charge in [0.15, 0.2) is 0 Å². The van der Waals surface area contributed by atoms with Crippen LogP contribution in [0, 0.1) is 10.1 Å². The summed E-state index contributed by atoms with van der Waals surface area (Å²) in [6, 6.07) is 16.6. The first-order chi connectivity index (χ1) is 18.3. The van der Waals surface area contributed by atoms with Gasteiger partial charge in [0.2, 0.25) is 0 Å². The summed E-state index contributed by atoms with van der Waals surface area (Å²) in [4.78, 5) is 49.3. The van der Waals surface area contributed by atoms with E-state index in [0.717, 1.165) is 16.9 Å². The molecule has 0 atom stereocenters. The Morgan fingerprint density at radius 2 is 1.71 bits per heavy atom. The molecule has 0 aliphatic carbocycles. The van der Waals surface area contributed by atoms with Gasteiger partial charge in [0.25, 0.3) is 17.5 Å². The van der Waals surface area contributed by atoms with Crippen molar-refractivity contribution in [2.24, 2.45) is 0 Å². The minimum Gasteiger partial charge on any atom is -0.494 e. The molecule has 38 heavy (non-hydrogen) atoms. The molecule has 0 spiro atoms. The van der Waals surface area contributed by atoms with Crippen LogP contribution >= 0.6 is 15.9 Å². The summed E-state index contributed by atoms with van der Waals surface area (Å²) in [6.07, 6.45) is 2.23. The number of imide groups is 2. The van der Waals surface area contributed by atoms with Gasteiger partial charge in [-0.1, -0.05) is 13.0 Å². The molecule has 194 valence electrons. The van der Waals surface area contributed by atoms with Crippen molar-refractivity contribution in [1.82, 2.24) is 5.32 Å². The highest BCUT2D eigenvalue weighted by molar-refractivity contribution is 9.10. The normalized spacial score (nSPS) is 14.4. The first-order valence-corrected chi connectivity index (χ1v) is 12.4. The van der Waals surface area contributed by atoms with Crippen molar-refractivity contribution in [3.05, 3.63) is 98.0 Å². The summed E-state index contributed by atoms with van der Waals surface area (Å²) in [5.74, 6) is -0.454. The topological polar surface area (TPSA) is 128 Å². The largest absolute Gasteiger partial charge is 0.494 e. The van der Waals surface area contributed by atoms with Gasteiger partial charge in [-0.15, -0.1) is 0 Å². The number of halogens is 1. The molecule has 4 amide bonds. The molecule has 4 rings (SSSR count). The van der Waals surface area contributed by atoms with E-state index in [9.17, 15) is 24.5 Å². The number of nitro benzene ring substituents is 1. The molecule has 0 bridgehead atoms. The van der Waals surface area contributed by atoms with Crippen LogP contribution in [-0.4, -0.2) is 29.4 Å². The van der Waals surface area contributed by atoms with Gasteiger partial charge >= 0.3 is 6.03 Å². The summed E-state index contributed by atoms with van der Waals surface area (Å²) in [7, 11) is 0. The summed E-state index contributed by atoms with van der Waals surface area (Å²) in [5.41, 5.74) is 1.35. The molecule has 0 radical (unpaired) electrons. The lowest BCUT2D eigenvalue weighted by Crippen LogP contribution is -2.54. The summed E-state index contributed by atoms with van der Waals surface area (Å²) < 4.78 is 11.9. The number of nitrogens with zero attached hydrogens (tertiary/aromatic N) is 2. The van der Waals surface area contributed by atoms with Crippen LogP contribution < -0.4 is 19.7 Å². The van der Waals surface area contributed by atoms with Gasteiger partial charge in [-0.3, -0.25) is 25.0 Å². The summed E-state index contributed by atoms with van der Waals surface area (Å²) in [6.45, 7) is 2.70.